The zero-order valence-electron chi connectivity index (χ0n) is 15.0. The molecule has 0 aromatic heterocycles. The van der Waals surface area contributed by atoms with Crippen molar-refractivity contribution in [3.05, 3.63) is 27.7 Å². The minimum Gasteiger partial charge on any atom is -0.490 e. The van der Waals surface area contributed by atoms with Crippen molar-refractivity contribution in [2.45, 2.75) is 39.3 Å². The largest absolute Gasteiger partial charge is 0.490 e. The number of nitrogens with zero attached hydrogens (tertiary/aromatic N) is 2. The Morgan fingerprint density at radius 3 is 2.72 bits per heavy atom. The molecular weight excluding hydrogens is 388 g/mol. The third-order valence-corrected chi connectivity index (χ3v) is 5.17. The lowest BCUT2D eigenvalue weighted by molar-refractivity contribution is 0.000951. The number of benzene rings is 1. The van der Waals surface area contributed by atoms with E-state index in [9.17, 15) is 9.59 Å². The molecule has 2 heterocycles. The van der Waals surface area contributed by atoms with Gasteiger partial charge in [0.15, 0.2) is 0 Å². The number of hydrogen-bond acceptors (Lipinski definition) is 4. The summed E-state index contributed by atoms with van der Waals surface area (Å²) in [7, 11) is 0. The van der Waals surface area contributed by atoms with Gasteiger partial charge in [-0.25, -0.2) is 4.79 Å². The van der Waals surface area contributed by atoms with Crippen molar-refractivity contribution < 1.29 is 19.1 Å². The monoisotopic (exact) mass is 410 g/mol. The molecule has 0 N–H and O–H groups in total. The Morgan fingerprint density at radius 2 is 2.04 bits per heavy atom. The van der Waals surface area contributed by atoms with Gasteiger partial charge >= 0.3 is 6.09 Å². The van der Waals surface area contributed by atoms with Crippen molar-refractivity contribution in [3.8, 4) is 5.75 Å². The van der Waals surface area contributed by atoms with Crippen LogP contribution in [0.15, 0.2) is 16.6 Å². The number of halogens is 1. The lowest BCUT2D eigenvalue weighted by atomic mass is 10.1. The zero-order chi connectivity index (χ0) is 18.4. The average molecular weight is 411 g/mol. The van der Waals surface area contributed by atoms with E-state index < -0.39 is 5.60 Å². The van der Waals surface area contributed by atoms with Gasteiger partial charge in [-0.15, -0.1) is 0 Å². The molecule has 1 saturated heterocycles. The van der Waals surface area contributed by atoms with Crippen LogP contribution in [0.5, 0.6) is 5.75 Å². The van der Waals surface area contributed by atoms with Crippen LogP contribution in [0.4, 0.5) is 4.79 Å². The van der Waals surface area contributed by atoms with E-state index in [1.165, 1.54) is 0 Å². The van der Waals surface area contributed by atoms with Crippen LogP contribution < -0.4 is 4.74 Å². The summed E-state index contributed by atoms with van der Waals surface area (Å²) in [5, 5.41) is 0. The first kappa shape index (κ1) is 18.0. The van der Waals surface area contributed by atoms with Crippen molar-refractivity contribution >= 4 is 27.9 Å². The normalized spacial score (nSPS) is 20.4. The first-order chi connectivity index (χ1) is 11.7. The van der Waals surface area contributed by atoms with E-state index in [-0.39, 0.29) is 18.0 Å². The summed E-state index contributed by atoms with van der Waals surface area (Å²) in [5.74, 6) is 0.539. The lowest BCUT2D eigenvalue weighted by Crippen LogP contribution is -2.58. The van der Waals surface area contributed by atoms with Crippen LogP contribution in [-0.2, 0) is 4.74 Å². The Balaban J connectivity index is 1.78. The Morgan fingerprint density at radius 1 is 1.32 bits per heavy atom. The summed E-state index contributed by atoms with van der Waals surface area (Å²) in [4.78, 5) is 28.7. The predicted octanol–water partition coefficient (Wildman–Crippen LogP) is 3.21. The van der Waals surface area contributed by atoms with Gasteiger partial charge in [0.25, 0.3) is 5.91 Å². The summed E-state index contributed by atoms with van der Waals surface area (Å²) in [6, 6.07) is 3.51. The summed E-state index contributed by atoms with van der Waals surface area (Å²) in [6.45, 7) is 9.17. The van der Waals surface area contributed by atoms with Gasteiger partial charge < -0.3 is 19.3 Å². The fourth-order valence-corrected chi connectivity index (χ4v) is 3.37. The van der Waals surface area contributed by atoms with Gasteiger partial charge in [0.05, 0.1) is 11.6 Å². The second kappa shape index (κ2) is 6.52. The average Bonchev–Trinajstić information content (AvgIpc) is 2.64. The third kappa shape index (κ3) is 3.76. The lowest BCUT2D eigenvalue weighted by Gasteiger charge is -2.40. The van der Waals surface area contributed by atoms with Crippen molar-refractivity contribution in [1.82, 2.24) is 9.80 Å². The SMILES string of the molecule is Cc1cc2c(cc1Br)OC[C@H]1CN(C(=O)OC(C)(C)C)CCN1C2=O. The Bertz CT molecular complexity index is 714. The number of piperazine rings is 1. The molecule has 1 aromatic carbocycles. The predicted molar refractivity (Wildman–Crippen MR) is 97.0 cm³/mol. The number of carbonyl (C=O) groups is 2. The summed E-state index contributed by atoms with van der Waals surface area (Å²) < 4.78 is 12.2. The molecule has 0 spiro atoms. The smallest absolute Gasteiger partial charge is 0.410 e. The van der Waals surface area contributed by atoms with E-state index in [1.54, 1.807) is 9.80 Å². The molecule has 0 saturated carbocycles. The van der Waals surface area contributed by atoms with Gasteiger partial charge in [-0.3, -0.25) is 4.79 Å². The fraction of sp³-hybridized carbons (Fsp3) is 0.556. The quantitative estimate of drug-likeness (QED) is 0.658. The minimum absolute atomic E-state index is 0.0445. The molecule has 7 heteroatoms. The standard InChI is InChI=1S/C18H23BrN2O4/c1-11-7-13-15(8-14(11)19)24-10-12-9-20(5-6-21(12)16(13)22)17(23)25-18(2,3)4/h7-8,12H,5-6,9-10H2,1-4H3/t12-/m1/s1. The highest BCUT2D eigenvalue weighted by atomic mass is 79.9. The molecule has 0 aliphatic carbocycles. The van der Waals surface area contributed by atoms with Crippen molar-refractivity contribution in [1.29, 1.82) is 0 Å². The van der Waals surface area contributed by atoms with Crippen LogP contribution in [0.3, 0.4) is 0 Å². The number of fused-ring (bicyclic) bond motifs is 2. The van der Waals surface area contributed by atoms with Crippen LogP contribution in [0.2, 0.25) is 0 Å². The Labute approximate surface area is 156 Å². The van der Waals surface area contributed by atoms with Crippen LogP contribution in [0, 0.1) is 6.92 Å². The van der Waals surface area contributed by atoms with E-state index in [4.69, 9.17) is 9.47 Å². The van der Waals surface area contributed by atoms with Gasteiger partial charge in [0.1, 0.15) is 18.0 Å². The van der Waals surface area contributed by atoms with Gasteiger partial charge in [-0.05, 0) is 45.4 Å². The summed E-state index contributed by atoms with van der Waals surface area (Å²) in [5.41, 5.74) is 1.03. The van der Waals surface area contributed by atoms with Crippen molar-refractivity contribution in [2.75, 3.05) is 26.2 Å². The van der Waals surface area contributed by atoms with Gasteiger partial charge in [-0.1, -0.05) is 15.9 Å². The maximum atomic E-state index is 12.9. The molecule has 1 fully saturated rings. The van der Waals surface area contributed by atoms with Gasteiger partial charge in [0.2, 0.25) is 0 Å². The molecule has 0 radical (unpaired) electrons. The van der Waals surface area contributed by atoms with Crippen LogP contribution in [0.25, 0.3) is 0 Å². The summed E-state index contributed by atoms with van der Waals surface area (Å²) >= 11 is 3.48. The van der Waals surface area contributed by atoms with Crippen LogP contribution in [-0.4, -0.2) is 59.7 Å². The molecule has 0 unspecified atom stereocenters. The molecule has 1 aromatic rings. The second-order valence-corrected chi connectivity index (χ2v) is 8.34. The molecule has 0 bridgehead atoms. The molecule has 25 heavy (non-hydrogen) atoms. The highest BCUT2D eigenvalue weighted by molar-refractivity contribution is 9.10. The fourth-order valence-electron chi connectivity index (χ4n) is 3.05. The number of rotatable bonds is 0. The Kier molecular flexibility index (Phi) is 4.70. The van der Waals surface area contributed by atoms with Gasteiger partial charge in [-0.2, -0.15) is 0 Å². The second-order valence-electron chi connectivity index (χ2n) is 7.49. The maximum absolute atomic E-state index is 12.9. The van der Waals surface area contributed by atoms with Gasteiger partial charge in [0, 0.05) is 24.1 Å². The number of hydrogen-bond donors (Lipinski definition) is 0. The molecule has 2 aliphatic rings. The molecule has 1 atom stereocenters. The number of aryl methyl sites for hydroxylation is 1. The topological polar surface area (TPSA) is 59.1 Å². The van der Waals surface area contributed by atoms with E-state index >= 15 is 0 Å². The van der Waals surface area contributed by atoms with E-state index in [0.717, 1.165) is 10.0 Å². The van der Waals surface area contributed by atoms with E-state index in [0.29, 0.717) is 37.6 Å². The molecule has 2 amide bonds. The van der Waals surface area contributed by atoms with Crippen LogP contribution in [0.1, 0.15) is 36.7 Å². The molecule has 136 valence electrons. The van der Waals surface area contributed by atoms with E-state index in [2.05, 4.69) is 15.9 Å². The summed E-state index contributed by atoms with van der Waals surface area (Å²) in [6.07, 6.45) is -0.347. The maximum Gasteiger partial charge on any atom is 0.410 e. The first-order valence-electron chi connectivity index (χ1n) is 8.37. The number of ether oxygens (including phenoxy) is 2. The molecule has 2 aliphatic heterocycles. The molecule has 6 nitrogen and oxygen atoms in total. The van der Waals surface area contributed by atoms with E-state index in [1.807, 2.05) is 39.8 Å². The molecule has 3 rings (SSSR count). The Hall–Kier alpha value is -1.76. The number of amides is 2. The van der Waals surface area contributed by atoms with Crippen LogP contribution >= 0.6 is 15.9 Å². The zero-order valence-corrected chi connectivity index (χ0v) is 16.6. The van der Waals surface area contributed by atoms with Crippen molar-refractivity contribution in [2.24, 2.45) is 0 Å². The molecular formula is C18H23BrN2O4. The highest BCUT2D eigenvalue weighted by Crippen LogP contribution is 2.32. The van der Waals surface area contributed by atoms with Crippen molar-refractivity contribution in [3.63, 3.8) is 0 Å². The minimum atomic E-state index is -0.538. The first-order valence-corrected chi connectivity index (χ1v) is 9.17. The number of carbonyl (C=O) groups excluding carboxylic acids is 2. The third-order valence-electron chi connectivity index (χ3n) is 4.32. The highest BCUT2D eigenvalue weighted by Gasteiger charge is 2.38.